The molecule has 0 spiro atoms. The minimum absolute atomic E-state index is 0.144. The zero-order valence-electron chi connectivity index (χ0n) is 12.1. The van der Waals surface area contributed by atoms with Gasteiger partial charge in [0.1, 0.15) is 5.82 Å². The highest BCUT2D eigenvalue weighted by Crippen LogP contribution is 2.15. The highest BCUT2D eigenvalue weighted by atomic mass is 19.1. The Bertz CT molecular complexity index is 333. The van der Waals surface area contributed by atoms with Gasteiger partial charge in [-0.3, -0.25) is 0 Å². The summed E-state index contributed by atoms with van der Waals surface area (Å²) in [4.78, 5) is 0. The van der Waals surface area contributed by atoms with Gasteiger partial charge in [-0.1, -0.05) is 19.1 Å². The maximum absolute atomic E-state index is 13.2. The molecule has 0 aliphatic heterocycles. The molecule has 0 bridgehead atoms. The van der Waals surface area contributed by atoms with E-state index in [1.807, 2.05) is 6.07 Å². The number of halogens is 1. The van der Waals surface area contributed by atoms with E-state index in [4.69, 9.17) is 4.74 Å². The number of nitrogens with one attached hydrogen (secondary N) is 1. The average Bonchev–Trinajstić information content (AvgIpc) is 2.39. The van der Waals surface area contributed by atoms with Crippen LogP contribution in [0.5, 0.6) is 0 Å². The van der Waals surface area contributed by atoms with E-state index < -0.39 is 0 Å². The SMILES string of the molecule is CCCNCC(CCCOC)Cc1cccc(F)c1. The minimum atomic E-state index is -0.144. The lowest BCUT2D eigenvalue weighted by molar-refractivity contribution is 0.186. The van der Waals surface area contributed by atoms with E-state index in [0.717, 1.165) is 50.9 Å². The Kier molecular flexibility index (Phi) is 8.43. The van der Waals surface area contributed by atoms with Gasteiger partial charge in [0.2, 0.25) is 0 Å². The molecule has 0 saturated heterocycles. The second-order valence-corrected chi connectivity index (χ2v) is 5.04. The van der Waals surface area contributed by atoms with Gasteiger partial charge in [-0.05, 0) is 62.4 Å². The molecular formula is C16H26FNO. The van der Waals surface area contributed by atoms with Crippen molar-refractivity contribution in [3.63, 3.8) is 0 Å². The normalized spacial score (nSPS) is 12.6. The van der Waals surface area contributed by atoms with Crippen LogP contribution in [0.15, 0.2) is 24.3 Å². The molecule has 108 valence electrons. The van der Waals surface area contributed by atoms with Crippen LogP contribution in [-0.2, 0) is 11.2 Å². The van der Waals surface area contributed by atoms with Crippen molar-refractivity contribution in [1.82, 2.24) is 5.32 Å². The molecule has 0 aliphatic carbocycles. The number of hydrogen-bond donors (Lipinski definition) is 1. The highest BCUT2D eigenvalue weighted by molar-refractivity contribution is 5.16. The monoisotopic (exact) mass is 267 g/mol. The molecule has 1 unspecified atom stereocenters. The second kappa shape index (κ2) is 9.93. The summed E-state index contributed by atoms with van der Waals surface area (Å²) in [5, 5.41) is 3.46. The Labute approximate surface area is 116 Å². The smallest absolute Gasteiger partial charge is 0.123 e. The lowest BCUT2D eigenvalue weighted by Gasteiger charge is -2.17. The third-order valence-corrected chi connectivity index (χ3v) is 3.23. The van der Waals surface area contributed by atoms with Gasteiger partial charge in [0.05, 0.1) is 0 Å². The van der Waals surface area contributed by atoms with E-state index in [1.165, 1.54) is 6.07 Å². The summed E-state index contributed by atoms with van der Waals surface area (Å²) < 4.78 is 18.3. The predicted octanol–water partition coefficient (Wildman–Crippen LogP) is 3.41. The lowest BCUT2D eigenvalue weighted by atomic mass is 9.94. The van der Waals surface area contributed by atoms with E-state index >= 15 is 0 Å². The third kappa shape index (κ3) is 7.28. The summed E-state index contributed by atoms with van der Waals surface area (Å²) in [6, 6.07) is 6.93. The lowest BCUT2D eigenvalue weighted by Crippen LogP contribution is -2.25. The molecule has 3 heteroatoms. The summed E-state index contributed by atoms with van der Waals surface area (Å²) in [6.45, 7) is 5.00. The summed E-state index contributed by atoms with van der Waals surface area (Å²) in [6.07, 6.45) is 4.24. The molecule has 1 aromatic rings. The largest absolute Gasteiger partial charge is 0.385 e. The Morgan fingerprint density at radius 1 is 1.37 bits per heavy atom. The molecule has 0 aliphatic rings. The number of hydrogen-bond acceptors (Lipinski definition) is 2. The van der Waals surface area contributed by atoms with Gasteiger partial charge < -0.3 is 10.1 Å². The second-order valence-electron chi connectivity index (χ2n) is 5.04. The molecule has 0 saturated carbocycles. The molecule has 0 radical (unpaired) electrons. The van der Waals surface area contributed by atoms with E-state index in [1.54, 1.807) is 19.2 Å². The van der Waals surface area contributed by atoms with Crippen LogP contribution in [0.3, 0.4) is 0 Å². The summed E-state index contributed by atoms with van der Waals surface area (Å²) >= 11 is 0. The fourth-order valence-electron chi connectivity index (χ4n) is 2.27. The first-order valence-corrected chi connectivity index (χ1v) is 7.20. The Morgan fingerprint density at radius 3 is 2.89 bits per heavy atom. The molecule has 2 nitrogen and oxygen atoms in total. The van der Waals surface area contributed by atoms with Gasteiger partial charge in [-0.2, -0.15) is 0 Å². The molecule has 0 heterocycles. The van der Waals surface area contributed by atoms with Crippen molar-refractivity contribution in [2.75, 3.05) is 26.8 Å². The van der Waals surface area contributed by atoms with Crippen molar-refractivity contribution >= 4 is 0 Å². The molecule has 19 heavy (non-hydrogen) atoms. The van der Waals surface area contributed by atoms with Gasteiger partial charge in [-0.25, -0.2) is 4.39 Å². The summed E-state index contributed by atoms with van der Waals surface area (Å²) in [7, 11) is 1.73. The highest BCUT2D eigenvalue weighted by Gasteiger charge is 2.10. The van der Waals surface area contributed by atoms with Crippen LogP contribution in [0, 0.1) is 11.7 Å². The molecule has 0 aromatic heterocycles. The van der Waals surface area contributed by atoms with Crippen molar-refractivity contribution < 1.29 is 9.13 Å². The molecule has 1 atom stereocenters. The Morgan fingerprint density at radius 2 is 2.21 bits per heavy atom. The maximum atomic E-state index is 13.2. The van der Waals surface area contributed by atoms with Crippen molar-refractivity contribution in [2.45, 2.75) is 32.6 Å². The zero-order valence-corrected chi connectivity index (χ0v) is 12.1. The van der Waals surface area contributed by atoms with Crippen LogP contribution in [0.25, 0.3) is 0 Å². The third-order valence-electron chi connectivity index (χ3n) is 3.23. The van der Waals surface area contributed by atoms with Gasteiger partial charge in [0.25, 0.3) is 0 Å². The van der Waals surface area contributed by atoms with Crippen LogP contribution < -0.4 is 5.32 Å². The zero-order chi connectivity index (χ0) is 13.9. The van der Waals surface area contributed by atoms with Crippen molar-refractivity contribution in [1.29, 1.82) is 0 Å². The fraction of sp³-hybridized carbons (Fsp3) is 0.625. The summed E-state index contributed by atoms with van der Waals surface area (Å²) in [5.41, 5.74) is 1.08. The molecule has 0 fully saturated rings. The fourth-order valence-corrected chi connectivity index (χ4v) is 2.27. The van der Waals surface area contributed by atoms with Gasteiger partial charge in [-0.15, -0.1) is 0 Å². The number of rotatable bonds is 10. The summed E-state index contributed by atoms with van der Waals surface area (Å²) in [5.74, 6) is 0.401. The van der Waals surface area contributed by atoms with Gasteiger partial charge >= 0.3 is 0 Å². The van der Waals surface area contributed by atoms with E-state index in [9.17, 15) is 4.39 Å². The topological polar surface area (TPSA) is 21.3 Å². The van der Waals surface area contributed by atoms with Crippen LogP contribution in [0.2, 0.25) is 0 Å². The van der Waals surface area contributed by atoms with E-state index in [-0.39, 0.29) is 5.82 Å². The molecule has 0 amide bonds. The van der Waals surface area contributed by atoms with Crippen molar-refractivity contribution in [2.24, 2.45) is 5.92 Å². The van der Waals surface area contributed by atoms with Crippen LogP contribution >= 0.6 is 0 Å². The molecule has 1 rings (SSSR count). The first-order chi connectivity index (χ1) is 9.26. The van der Waals surface area contributed by atoms with Crippen LogP contribution in [-0.4, -0.2) is 26.8 Å². The van der Waals surface area contributed by atoms with Crippen LogP contribution in [0.4, 0.5) is 4.39 Å². The average molecular weight is 267 g/mol. The van der Waals surface area contributed by atoms with E-state index in [0.29, 0.717) is 5.92 Å². The van der Waals surface area contributed by atoms with E-state index in [2.05, 4.69) is 12.2 Å². The first-order valence-electron chi connectivity index (χ1n) is 7.20. The number of ether oxygens (including phenoxy) is 1. The van der Waals surface area contributed by atoms with Crippen molar-refractivity contribution in [3.05, 3.63) is 35.6 Å². The number of benzene rings is 1. The van der Waals surface area contributed by atoms with Gasteiger partial charge in [0.15, 0.2) is 0 Å². The minimum Gasteiger partial charge on any atom is -0.385 e. The maximum Gasteiger partial charge on any atom is 0.123 e. The quantitative estimate of drug-likeness (QED) is 0.656. The van der Waals surface area contributed by atoms with Gasteiger partial charge in [0, 0.05) is 13.7 Å². The van der Waals surface area contributed by atoms with Crippen molar-refractivity contribution in [3.8, 4) is 0 Å². The molecular weight excluding hydrogens is 241 g/mol. The molecule has 1 aromatic carbocycles. The van der Waals surface area contributed by atoms with Crippen LogP contribution in [0.1, 0.15) is 31.7 Å². The first kappa shape index (κ1) is 16.1. The standard InChI is InChI=1S/C16H26FNO/c1-3-9-18-13-15(7-5-10-19-2)11-14-6-4-8-16(17)12-14/h4,6,8,12,15,18H,3,5,7,9-11,13H2,1-2H3. The molecule has 1 N–H and O–H groups in total. The Hall–Kier alpha value is -0.930. The predicted molar refractivity (Wildman–Crippen MR) is 77.9 cm³/mol. The number of methoxy groups -OCH3 is 1. The Balaban J connectivity index is 2.46.